The van der Waals surface area contributed by atoms with Crippen molar-refractivity contribution in [3.05, 3.63) is 18.1 Å². The highest BCUT2D eigenvalue weighted by Crippen LogP contribution is 2.24. The average Bonchev–Trinajstić information content (AvgIpc) is 2.68. The van der Waals surface area contributed by atoms with Crippen molar-refractivity contribution in [3.8, 4) is 0 Å². The van der Waals surface area contributed by atoms with Crippen molar-refractivity contribution in [1.29, 1.82) is 0 Å². The Hall–Kier alpha value is -1.16. The molecule has 1 fully saturated rings. The molecule has 0 radical (unpaired) electrons. The van der Waals surface area contributed by atoms with Crippen molar-refractivity contribution >= 4 is 5.82 Å². The van der Waals surface area contributed by atoms with Crippen LogP contribution in [0.2, 0.25) is 0 Å². The van der Waals surface area contributed by atoms with Gasteiger partial charge in [0, 0.05) is 25.5 Å². The van der Waals surface area contributed by atoms with Crippen LogP contribution in [0.3, 0.4) is 0 Å². The minimum absolute atomic E-state index is 0.733. The summed E-state index contributed by atoms with van der Waals surface area (Å²) in [6.45, 7) is 4.97. The third-order valence-electron chi connectivity index (χ3n) is 3.02. The first-order chi connectivity index (χ1) is 7.31. The highest BCUT2D eigenvalue weighted by molar-refractivity contribution is 5.43. The summed E-state index contributed by atoms with van der Waals surface area (Å²) in [7, 11) is 0. The lowest BCUT2D eigenvalue weighted by Gasteiger charge is -2.18. The predicted octanol–water partition coefficient (Wildman–Crippen LogP) is 0.960. The highest BCUT2D eigenvalue weighted by atomic mass is 15.2. The molecule has 1 aliphatic heterocycles. The Balaban J connectivity index is 2.04. The molecule has 1 aliphatic rings. The van der Waals surface area contributed by atoms with Gasteiger partial charge in [-0.1, -0.05) is 0 Å². The molecule has 1 saturated heterocycles. The SMILES string of the molecule is Cc1nccnc1N1CCC(CCN)C1. The molecule has 0 saturated carbocycles. The van der Waals surface area contributed by atoms with E-state index in [4.69, 9.17) is 5.73 Å². The highest BCUT2D eigenvalue weighted by Gasteiger charge is 2.23. The van der Waals surface area contributed by atoms with E-state index in [0.29, 0.717) is 0 Å². The molecule has 0 amide bonds. The van der Waals surface area contributed by atoms with Crippen molar-refractivity contribution in [2.24, 2.45) is 11.7 Å². The van der Waals surface area contributed by atoms with E-state index >= 15 is 0 Å². The van der Waals surface area contributed by atoms with Crippen LogP contribution < -0.4 is 10.6 Å². The normalized spacial score (nSPS) is 20.9. The van der Waals surface area contributed by atoms with Gasteiger partial charge >= 0.3 is 0 Å². The van der Waals surface area contributed by atoms with Gasteiger partial charge in [-0.25, -0.2) is 4.98 Å². The van der Waals surface area contributed by atoms with E-state index in [9.17, 15) is 0 Å². The van der Waals surface area contributed by atoms with Crippen molar-refractivity contribution < 1.29 is 0 Å². The third-order valence-corrected chi connectivity index (χ3v) is 3.02. The van der Waals surface area contributed by atoms with Crippen molar-refractivity contribution in [2.45, 2.75) is 19.8 Å². The van der Waals surface area contributed by atoms with Gasteiger partial charge in [0.1, 0.15) is 5.82 Å². The fourth-order valence-corrected chi connectivity index (χ4v) is 2.21. The number of aromatic nitrogens is 2. The van der Waals surface area contributed by atoms with Gasteiger partial charge in [-0.3, -0.25) is 4.98 Å². The smallest absolute Gasteiger partial charge is 0.150 e. The Bertz CT molecular complexity index is 326. The zero-order chi connectivity index (χ0) is 10.7. The summed E-state index contributed by atoms with van der Waals surface area (Å²) in [5.41, 5.74) is 6.60. The van der Waals surface area contributed by atoms with Gasteiger partial charge in [-0.2, -0.15) is 0 Å². The molecule has 15 heavy (non-hydrogen) atoms. The van der Waals surface area contributed by atoms with Crippen LogP contribution in [-0.2, 0) is 0 Å². The molecular formula is C11H18N4. The quantitative estimate of drug-likeness (QED) is 0.800. The fourth-order valence-electron chi connectivity index (χ4n) is 2.21. The average molecular weight is 206 g/mol. The molecule has 2 rings (SSSR count). The van der Waals surface area contributed by atoms with E-state index in [1.165, 1.54) is 6.42 Å². The Kier molecular flexibility index (Phi) is 3.16. The summed E-state index contributed by atoms with van der Waals surface area (Å²) in [6, 6.07) is 0. The minimum Gasteiger partial charge on any atom is -0.355 e. The zero-order valence-corrected chi connectivity index (χ0v) is 9.19. The van der Waals surface area contributed by atoms with E-state index in [1.54, 1.807) is 12.4 Å². The lowest BCUT2D eigenvalue weighted by atomic mass is 10.1. The lowest BCUT2D eigenvalue weighted by molar-refractivity contribution is 0.546. The van der Waals surface area contributed by atoms with Crippen molar-refractivity contribution in [1.82, 2.24) is 9.97 Å². The molecule has 0 aromatic carbocycles. The van der Waals surface area contributed by atoms with Crippen LogP contribution in [0.15, 0.2) is 12.4 Å². The molecule has 1 aromatic heterocycles. The maximum Gasteiger partial charge on any atom is 0.150 e. The monoisotopic (exact) mass is 206 g/mol. The molecule has 82 valence electrons. The van der Waals surface area contributed by atoms with Crippen LogP contribution in [0.4, 0.5) is 5.82 Å². The van der Waals surface area contributed by atoms with Gasteiger partial charge in [0.2, 0.25) is 0 Å². The number of rotatable bonds is 3. The zero-order valence-electron chi connectivity index (χ0n) is 9.19. The third kappa shape index (κ3) is 2.26. The van der Waals surface area contributed by atoms with Crippen LogP contribution >= 0.6 is 0 Å². The van der Waals surface area contributed by atoms with Gasteiger partial charge in [-0.15, -0.1) is 0 Å². The first-order valence-electron chi connectivity index (χ1n) is 5.54. The van der Waals surface area contributed by atoms with Crippen LogP contribution in [0, 0.1) is 12.8 Å². The number of nitrogens with zero attached hydrogens (tertiary/aromatic N) is 3. The second-order valence-corrected chi connectivity index (χ2v) is 4.14. The lowest BCUT2D eigenvalue weighted by Crippen LogP contribution is -2.22. The van der Waals surface area contributed by atoms with Gasteiger partial charge in [0.25, 0.3) is 0 Å². The predicted molar refractivity (Wildman–Crippen MR) is 60.8 cm³/mol. The van der Waals surface area contributed by atoms with Crippen LogP contribution in [0.5, 0.6) is 0 Å². The molecular weight excluding hydrogens is 188 g/mol. The second kappa shape index (κ2) is 4.57. The summed E-state index contributed by atoms with van der Waals surface area (Å²) >= 11 is 0. The molecule has 2 N–H and O–H groups in total. The Morgan fingerprint density at radius 3 is 3.00 bits per heavy atom. The van der Waals surface area contributed by atoms with Crippen LogP contribution in [-0.4, -0.2) is 29.6 Å². The van der Waals surface area contributed by atoms with E-state index in [-0.39, 0.29) is 0 Å². The maximum atomic E-state index is 5.58. The van der Waals surface area contributed by atoms with E-state index in [0.717, 1.165) is 43.5 Å². The minimum atomic E-state index is 0.733. The molecule has 1 unspecified atom stereocenters. The Labute approximate surface area is 90.5 Å². The molecule has 0 aliphatic carbocycles. The molecule has 0 bridgehead atoms. The molecule has 2 heterocycles. The first kappa shape index (κ1) is 10.4. The number of nitrogens with two attached hydrogens (primary N) is 1. The standard InChI is InChI=1S/C11H18N4/c1-9-11(14-6-5-13-9)15-7-3-10(8-15)2-4-12/h5-6,10H,2-4,7-8,12H2,1H3. The van der Waals surface area contributed by atoms with Crippen LogP contribution in [0.1, 0.15) is 18.5 Å². The summed E-state index contributed by atoms with van der Waals surface area (Å²) < 4.78 is 0. The largest absolute Gasteiger partial charge is 0.355 e. The number of hydrogen-bond donors (Lipinski definition) is 1. The molecule has 0 spiro atoms. The van der Waals surface area contributed by atoms with Gasteiger partial charge in [0.15, 0.2) is 0 Å². The van der Waals surface area contributed by atoms with Gasteiger partial charge in [0.05, 0.1) is 5.69 Å². The molecule has 1 atom stereocenters. The number of aryl methyl sites for hydroxylation is 1. The summed E-state index contributed by atoms with van der Waals surface area (Å²) in [6.07, 6.45) is 5.86. The van der Waals surface area contributed by atoms with Crippen LogP contribution in [0.25, 0.3) is 0 Å². The number of hydrogen-bond acceptors (Lipinski definition) is 4. The van der Waals surface area contributed by atoms with Crippen molar-refractivity contribution in [3.63, 3.8) is 0 Å². The molecule has 4 nitrogen and oxygen atoms in total. The second-order valence-electron chi connectivity index (χ2n) is 4.14. The van der Waals surface area contributed by atoms with Gasteiger partial charge in [-0.05, 0) is 32.2 Å². The number of anilines is 1. The molecule has 1 aromatic rings. The summed E-state index contributed by atoms with van der Waals surface area (Å²) in [4.78, 5) is 11.0. The van der Waals surface area contributed by atoms with Crippen molar-refractivity contribution in [2.75, 3.05) is 24.5 Å². The van der Waals surface area contributed by atoms with E-state index in [2.05, 4.69) is 14.9 Å². The first-order valence-corrected chi connectivity index (χ1v) is 5.54. The van der Waals surface area contributed by atoms with Gasteiger partial charge < -0.3 is 10.6 Å². The maximum absolute atomic E-state index is 5.58. The van der Waals surface area contributed by atoms with E-state index in [1.807, 2.05) is 6.92 Å². The Morgan fingerprint density at radius 1 is 1.47 bits per heavy atom. The topological polar surface area (TPSA) is 55.0 Å². The summed E-state index contributed by atoms with van der Waals surface area (Å²) in [5.74, 6) is 1.77. The van der Waals surface area contributed by atoms with E-state index < -0.39 is 0 Å². The summed E-state index contributed by atoms with van der Waals surface area (Å²) in [5, 5.41) is 0. The fraction of sp³-hybridized carbons (Fsp3) is 0.636. The molecule has 4 heteroatoms. The Morgan fingerprint density at radius 2 is 2.27 bits per heavy atom.